The molecular formula is C12H20O2. The van der Waals surface area contributed by atoms with E-state index in [1.54, 1.807) is 0 Å². The van der Waals surface area contributed by atoms with Crippen molar-refractivity contribution in [1.82, 2.24) is 0 Å². The van der Waals surface area contributed by atoms with Gasteiger partial charge in [-0.05, 0) is 45.1 Å². The normalized spacial score (nSPS) is 38.7. The Hall–Kier alpha value is -0.500. The van der Waals surface area contributed by atoms with Gasteiger partial charge in [-0.1, -0.05) is 0 Å². The molecule has 2 rings (SSSR count). The Labute approximate surface area is 86.3 Å². The summed E-state index contributed by atoms with van der Waals surface area (Å²) in [5.74, 6) is 0.621. The molecule has 0 spiro atoms. The number of ether oxygens (including phenoxy) is 2. The van der Waals surface area contributed by atoms with Gasteiger partial charge in [0.25, 0.3) is 0 Å². The SMILES string of the molecule is CC1=COC(C2CCC(C)OC2)CC1. The van der Waals surface area contributed by atoms with Crippen LogP contribution in [0.25, 0.3) is 0 Å². The van der Waals surface area contributed by atoms with E-state index in [1.165, 1.54) is 31.3 Å². The Morgan fingerprint density at radius 3 is 2.71 bits per heavy atom. The molecule has 0 N–H and O–H groups in total. The third-order valence-corrected chi connectivity index (χ3v) is 3.33. The fourth-order valence-corrected chi connectivity index (χ4v) is 2.24. The van der Waals surface area contributed by atoms with Crippen LogP contribution in [-0.2, 0) is 9.47 Å². The molecule has 3 unspecified atom stereocenters. The minimum Gasteiger partial charge on any atom is -0.498 e. The summed E-state index contributed by atoms with van der Waals surface area (Å²) >= 11 is 0. The highest BCUT2D eigenvalue weighted by molar-refractivity contribution is 4.98. The lowest BCUT2D eigenvalue weighted by atomic mass is 9.89. The van der Waals surface area contributed by atoms with Crippen LogP contribution in [0, 0.1) is 5.92 Å². The second-order valence-electron chi connectivity index (χ2n) is 4.66. The van der Waals surface area contributed by atoms with Crippen molar-refractivity contribution >= 4 is 0 Å². The lowest BCUT2D eigenvalue weighted by molar-refractivity contribution is -0.0557. The molecule has 2 aliphatic heterocycles. The van der Waals surface area contributed by atoms with Crippen LogP contribution in [0.3, 0.4) is 0 Å². The van der Waals surface area contributed by atoms with Gasteiger partial charge < -0.3 is 9.47 Å². The maximum atomic E-state index is 5.72. The summed E-state index contributed by atoms with van der Waals surface area (Å²) in [6.07, 6.45) is 7.61. The first-order chi connectivity index (χ1) is 6.75. The molecule has 0 aromatic carbocycles. The van der Waals surface area contributed by atoms with Gasteiger partial charge in [-0.2, -0.15) is 0 Å². The third-order valence-electron chi connectivity index (χ3n) is 3.33. The number of allylic oxidation sites excluding steroid dienone is 1. The van der Waals surface area contributed by atoms with Crippen molar-refractivity contribution < 1.29 is 9.47 Å². The van der Waals surface area contributed by atoms with Gasteiger partial charge >= 0.3 is 0 Å². The molecule has 2 heteroatoms. The minimum atomic E-state index is 0.409. The Morgan fingerprint density at radius 2 is 2.14 bits per heavy atom. The summed E-state index contributed by atoms with van der Waals surface area (Å²) in [5, 5.41) is 0. The Kier molecular flexibility index (Phi) is 3.12. The van der Waals surface area contributed by atoms with Crippen molar-refractivity contribution in [3.05, 3.63) is 11.8 Å². The summed E-state index contributed by atoms with van der Waals surface area (Å²) in [5.41, 5.74) is 1.37. The zero-order valence-electron chi connectivity index (χ0n) is 9.16. The first-order valence-electron chi connectivity index (χ1n) is 5.68. The molecule has 0 aliphatic carbocycles. The van der Waals surface area contributed by atoms with Crippen LogP contribution in [0.15, 0.2) is 11.8 Å². The molecule has 1 fully saturated rings. The summed E-state index contributed by atoms with van der Waals surface area (Å²) < 4.78 is 11.4. The molecule has 3 atom stereocenters. The predicted octanol–water partition coefficient (Wildman–Crippen LogP) is 2.88. The molecule has 0 amide bonds. The van der Waals surface area contributed by atoms with Crippen LogP contribution in [0.4, 0.5) is 0 Å². The summed E-state index contributed by atoms with van der Waals surface area (Å²) in [6.45, 7) is 5.18. The molecule has 2 aliphatic rings. The van der Waals surface area contributed by atoms with Crippen molar-refractivity contribution in [2.75, 3.05) is 6.61 Å². The summed E-state index contributed by atoms with van der Waals surface area (Å²) in [6, 6.07) is 0. The number of hydrogen-bond donors (Lipinski definition) is 0. The van der Waals surface area contributed by atoms with Gasteiger partial charge in [0.15, 0.2) is 0 Å². The molecule has 2 nitrogen and oxygen atoms in total. The molecule has 0 aromatic heterocycles. The molecule has 0 bridgehead atoms. The second-order valence-corrected chi connectivity index (χ2v) is 4.66. The number of hydrogen-bond acceptors (Lipinski definition) is 2. The van der Waals surface area contributed by atoms with Gasteiger partial charge in [-0.3, -0.25) is 0 Å². The van der Waals surface area contributed by atoms with Gasteiger partial charge in [-0.15, -0.1) is 0 Å². The lowest BCUT2D eigenvalue weighted by Crippen LogP contribution is -2.34. The van der Waals surface area contributed by atoms with Crippen molar-refractivity contribution in [2.45, 2.75) is 51.7 Å². The van der Waals surface area contributed by atoms with Crippen LogP contribution < -0.4 is 0 Å². The van der Waals surface area contributed by atoms with E-state index in [-0.39, 0.29) is 0 Å². The van der Waals surface area contributed by atoms with E-state index in [9.17, 15) is 0 Å². The monoisotopic (exact) mass is 196 g/mol. The molecule has 0 saturated carbocycles. The average molecular weight is 196 g/mol. The van der Waals surface area contributed by atoms with E-state index in [1.807, 2.05) is 6.26 Å². The van der Waals surface area contributed by atoms with E-state index >= 15 is 0 Å². The standard InChI is InChI=1S/C12H20O2/c1-9-3-6-12(14-7-9)11-5-4-10(2)13-8-11/h7,10-12H,3-6,8H2,1-2H3. The van der Waals surface area contributed by atoms with Gasteiger partial charge in [0.2, 0.25) is 0 Å². The highest BCUT2D eigenvalue weighted by Gasteiger charge is 2.28. The van der Waals surface area contributed by atoms with Gasteiger partial charge in [0, 0.05) is 5.92 Å². The largest absolute Gasteiger partial charge is 0.498 e. The minimum absolute atomic E-state index is 0.409. The third kappa shape index (κ3) is 2.30. The van der Waals surface area contributed by atoms with Crippen LogP contribution in [0.5, 0.6) is 0 Å². The Balaban J connectivity index is 1.84. The van der Waals surface area contributed by atoms with Crippen molar-refractivity contribution in [1.29, 1.82) is 0 Å². The maximum absolute atomic E-state index is 5.72. The molecule has 0 radical (unpaired) electrons. The molecular weight excluding hydrogens is 176 g/mol. The van der Waals surface area contributed by atoms with E-state index in [4.69, 9.17) is 9.47 Å². The lowest BCUT2D eigenvalue weighted by Gasteiger charge is -2.34. The molecule has 0 aromatic rings. The Bertz CT molecular complexity index is 214. The van der Waals surface area contributed by atoms with Crippen LogP contribution in [0.2, 0.25) is 0 Å². The van der Waals surface area contributed by atoms with Crippen molar-refractivity contribution in [3.63, 3.8) is 0 Å². The first-order valence-corrected chi connectivity index (χ1v) is 5.68. The molecule has 14 heavy (non-hydrogen) atoms. The van der Waals surface area contributed by atoms with E-state index in [2.05, 4.69) is 13.8 Å². The van der Waals surface area contributed by atoms with Gasteiger partial charge in [-0.25, -0.2) is 0 Å². The summed E-state index contributed by atoms with van der Waals surface area (Å²) in [4.78, 5) is 0. The highest BCUT2D eigenvalue weighted by atomic mass is 16.5. The van der Waals surface area contributed by atoms with E-state index < -0.39 is 0 Å². The second kappa shape index (κ2) is 4.35. The average Bonchev–Trinajstić information content (AvgIpc) is 2.21. The van der Waals surface area contributed by atoms with Crippen LogP contribution >= 0.6 is 0 Å². The zero-order chi connectivity index (χ0) is 9.97. The smallest absolute Gasteiger partial charge is 0.103 e. The van der Waals surface area contributed by atoms with Crippen LogP contribution in [0.1, 0.15) is 39.5 Å². The maximum Gasteiger partial charge on any atom is 0.103 e. The molecule has 1 saturated heterocycles. The molecule has 2 heterocycles. The predicted molar refractivity (Wildman–Crippen MR) is 56.0 cm³/mol. The number of rotatable bonds is 1. The zero-order valence-corrected chi connectivity index (χ0v) is 9.16. The summed E-state index contributed by atoms with van der Waals surface area (Å²) in [7, 11) is 0. The Morgan fingerprint density at radius 1 is 1.29 bits per heavy atom. The first kappa shape index (κ1) is 10.0. The van der Waals surface area contributed by atoms with E-state index in [0.29, 0.717) is 18.1 Å². The van der Waals surface area contributed by atoms with Crippen LogP contribution in [-0.4, -0.2) is 18.8 Å². The fraction of sp³-hybridized carbons (Fsp3) is 0.833. The highest BCUT2D eigenvalue weighted by Crippen LogP contribution is 2.29. The topological polar surface area (TPSA) is 18.5 Å². The quantitative estimate of drug-likeness (QED) is 0.642. The van der Waals surface area contributed by atoms with Crippen molar-refractivity contribution in [2.24, 2.45) is 5.92 Å². The molecule has 80 valence electrons. The van der Waals surface area contributed by atoms with Gasteiger partial charge in [0.1, 0.15) is 6.10 Å². The fourth-order valence-electron chi connectivity index (χ4n) is 2.24. The van der Waals surface area contributed by atoms with Gasteiger partial charge in [0.05, 0.1) is 19.0 Å². The van der Waals surface area contributed by atoms with Crippen molar-refractivity contribution in [3.8, 4) is 0 Å². The van der Waals surface area contributed by atoms with E-state index in [0.717, 1.165) is 6.61 Å².